The van der Waals surface area contributed by atoms with E-state index in [0.717, 1.165) is 12.1 Å². The molecule has 0 saturated heterocycles. The molecule has 0 aliphatic carbocycles. The van der Waals surface area contributed by atoms with E-state index in [9.17, 15) is 13.2 Å². The molecule has 2 nitrogen and oxygen atoms in total. The molecule has 7 heteroatoms. The van der Waals surface area contributed by atoms with Crippen LogP contribution < -0.4 is 5.73 Å². The summed E-state index contributed by atoms with van der Waals surface area (Å²) in [5, 5.41) is 8.43. The molecule has 0 saturated carbocycles. The van der Waals surface area contributed by atoms with Gasteiger partial charge in [0.1, 0.15) is 12.4 Å². The van der Waals surface area contributed by atoms with E-state index in [2.05, 4.69) is 15.9 Å². The minimum Gasteiger partial charge on any atom is -0.390 e. The summed E-state index contributed by atoms with van der Waals surface area (Å²) < 4.78 is 39.2. The van der Waals surface area contributed by atoms with Crippen molar-refractivity contribution in [1.29, 1.82) is 0 Å². The molecule has 3 N–H and O–H groups in total. The third-order valence-corrected chi connectivity index (χ3v) is 2.37. The fourth-order valence-corrected chi connectivity index (χ4v) is 1.58. The van der Waals surface area contributed by atoms with E-state index in [1.54, 1.807) is 0 Å². The molecule has 0 radical (unpaired) electrons. The number of nitrogens with two attached hydrogens (primary N) is 1. The van der Waals surface area contributed by atoms with Gasteiger partial charge in [-0.25, -0.2) is 13.2 Å². The van der Waals surface area contributed by atoms with Crippen molar-refractivity contribution in [2.45, 2.75) is 12.0 Å². The Kier molecular flexibility index (Phi) is 5.75. The molecule has 0 aliphatic heterocycles. The standard InChI is InChI=1S/C9H9BrF3NO.ClH/c10-6-1-5(2-7(11)3-6)8(14)9(12,13)4-15;/h1-3,8,15H,4,14H2;1H/t8-;/m0./s1. The maximum atomic E-state index is 13.0. The van der Waals surface area contributed by atoms with E-state index >= 15 is 0 Å². The SMILES string of the molecule is Cl.N[C@@H](c1cc(F)cc(Br)c1)C(F)(F)CO. The quantitative estimate of drug-likeness (QED) is 0.899. The molecular formula is C9H10BrClF3NO. The molecule has 0 heterocycles. The average Bonchev–Trinajstić information content (AvgIpc) is 2.15. The number of halogens is 5. The highest BCUT2D eigenvalue weighted by Crippen LogP contribution is 2.30. The number of alkyl halides is 2. The fourth-order valence-electron chi connectivity index (χ4n) is 1.10. The van der Waals surface area contributed by atoms with E-state index < -0.39 is 24.4 Å². The maximum absolute atomic E-state index is 13.0. The molecule has 0 fully saturated rings. The van der Waals surface area contributed by atoms with Crippen molar-refractivity contribution in [3.05, 3.63) is 34.1 Å². The third kappa shape index (κ3) is 3.62. The van der Waals surface area contributed by atoms with Gasteiger partial charge in [0.2, 0.25) is 0 Å². The van der Waals surface area contributed by atoms with Crippen molar-refractivity contribution in [2.24, 2.45) is 5.73 Å². The van der Waals surface area contributed by atoms with Crippen molar-refractivity contribution in [3.63, 3.8) is 0 Å². The zero-order valence-electron chi connectivity index (χ0n) is 7.96. The summed E-state index contributed by atoms with van der Waals surface area (Å²) in [7, 11) is 0. The van der Waals surface area contributed by atoms with Gasteiger partial charge in [0.05, 0.1) is 6.04 Å². The number of hydrogen-bond donors (Lipinski definition) is 2. The lowest BCUT2D eigenvalue weighted by atomic mass is 10.0. The molecule has 0 aromatic heterocycles. The molecule has 0 unspecified atom stereocenters. The second-order valence-electron chi connectivity index (χ2n) is 3.10. The van der Waals surface area contributed by atoms with Crippen molar-refractivity contribution in [1.82, 2.24) is 0 Å². The summed E-state index contributed by atoms with van der Waals surface area (Å²) in [6.07, 6.45) is 0. The summed E-state index contributed by atoms with van der Waals surface area (Å²) >= 11 is 2.97. The van der Waals surface area contributed by atoms with E-state index in [0.29, 0.717) is 4.47 Å². The molecule has 0 amide bonds. The first-order valence-electron chi connectivity index (χ1n) is 4.07. The lowest BCUT2D eigenvalue weighted by molar-refractivity contribution is -0.0712. The van der Waals surface area contributed by atoms with Crippen LogP contribution in [-0.2, 0) is 0 Å². The van der Waals surface area contributed by atoms with E-state index in [1.165, 1.54) is 6.07 Å². The third-order valence-electron chi connectivity index (χ3n) is 1.91. The van der Waals surface area contributed by atoms with Crippen molar-refractivity contribution in [2.75, 3.05) is 6.61 Å². The predicted molar refractivity (Wildman–Crippen MR) is 60.3 cm³/mol. The molecular weight excluding hydrogens is 310 g/mol. The van der Waals surface area contributed by atoms with Crippen LogP contribution in [0.2, 0.25) is 0 Å². The molecule has 1 rings (SSSR count). The smallest absolute Gasteiger partial charge is 0.289 e. The van der Waals surface area contributed by atoms with Crippen LogP contribution in [0, 0.1) is 5.82 Å². The Bertz CT molecular complexity index is 344. The lowest BCUT2D eigenvalue weighted by Crippen LogP contribution is -2.36. The Morgan fingerprint density at radius 3 is 2.38 bits per heavy atom. The molecule has 1 atom stereocenters. The summed E-state index contributed by atoms with van der Waals surface area (Å²) in [5.41, 5.74) is 5.15. The topological polar surface area (TPSA) is 46.2 Å². The zero-order chi connectivity index (χ0) is 11.6. The Balaban J connectivity index is 0.00000225. The van der Waals surface area contributed by atoms with Crippen LogP contribution in [0.5, 0.6) is 0 Å². The predicted octanol–water partition coefficient (Wildman–Crippen LogP) is 2.64. The monoisotopic (exact) mass is 319 g/mol. The van der Waals surface area contributed by atoms with Crippen LogP contribution in [0.15, 0.2) is 22.7 Å². The molecule has 0 spiro atoms. The van der Waals surface area contributed by atoms with Gasteiger partial charge in [0.25, 0.3) is 5.92 Å². The first-order chi connectivity index (χ1) is 6.86. The van der Waals surface area contributed by atoms with Crippen LogP contribution in [0.4, 0.5) is 13.2 Å². The largest absolute Gasteiger partial charge is 0.390 e. The lowest BCUT2D eigenvalue weighted by Gasteiger charge is -2.21. The van der Waals surface area contributed by atoms with Gasteiger partial charge in [0.15, 0.2) is 0 Å². The minimum absolute atomic E-state index is 0. The maximum Gasteiger partial charge on any atom is 0.289 e. The van der Waals surface area contributed by atoms with Gasteiger partial charge in [-0.15, -0.1) is 12.4 Å². The first kappa shape index (κ1) is 15.7. The summed E-state index contributed by atoms with van der Waals surface area (Å²) in [4.78, 5) is 0. The van der Waals surface area contributed by atoms with Crippen LogP contribution >= 0.6 is 28.3 Å². The molecule has 16 heavy (non-hydrogen) atoms. The van der Waals surface area contributed by atoms with Crippen LogP contribution in [0.3, 0.4) is 0 Å². The Hall–Kier alpha value is -0.300. The molecule has 1 aromatic carbocycles. The average molecular weight is 321 g/mol. The molecule has 0 bridgehead atoms. The van der Waals surface area contributed by atoms with Gasteiger partial charge < -0.3 is 10.8 Å². The van der Waals surface area contributed by atoms with Crippen molar-refractivity contribution >= 4 is 28.3 Å². The summed E-state index contributed by atoms with van der Waals surface area (Å²) in [6, 6.07) is 1.61. The van der Waals surface area contributed by atoms with Crippen molar-refractivity contribution < 1.29 is 18.3 Å². The first-order valence-corrected chi connectivity index (χ1v) is 4.86. The number of benzene rings is 1. The van der Waals surface area contributed by atoms with Crippen LogP contribution in [0.25, 0.3) is 0 Å². The van der Waals surface area contributed by atoms with Gasteiger partial charge >= 0.3 is 0 Å². The highest BCUT2D eigenvalue weighted by Gasteiger charge is 2.37. The highest BCUT2D eigenvalue weighted by molar-refractivity contribution is 9.10. The van der Waals surface area contributed by atoms with E-state index in [4.69, 9.17) is 10.8 Å². The van der Waals surface area contributed by atoms with E-state index in [1.807, 2.05) is 0 Å². The molecule has 92 valence electrons. The number of aliphatic hydroxyl groups is 1. The summed E-state index contributed by atoms with van der Waals surface area (Å²) in [6.45, 7) is -1.37. The fraction of sp³-hybridized carbons (Fsp3) is 0.333. The number of hydrogen-bond acceptors (Lipinski definition) is 2. The Labute approximate surface area is 105 Å². The van der Waals surface area contributed by atoms with Gasteiger partial charge in [0, 0.05) is 4.47 Å². The van der Waals surface area contributed by atoms with Crippen molar-refractivity contribution in [3.8, 4) is 0 Å². The van der Waals surface area contributed by atoms with Crippen LogP contribution in [-0.4, -0.2) is 17.6 Å². The van der Waals surface area contributed by atoms with Gasteiger partial charge in [-0.2, -0.15) is 0 Å². The van der Waals surface area contributed by atoms with Gasteiger partial charge in [-0.1, -0.05) is 15.9 Å². The highest BCUT2D eigenvalue weighted by atomic mass is 79.9. The second-order valence-corrected chi connectivity index (χ2v) is 4.02. The van der Waals surface area contributed by atoms with E-state index in [-0.39, 0.29) is 18.0 Å². The van der Waals surface area contributed by atoms with Gasteiger partial charge in [-0.3, -0.25) is 0 Å². The molecule has 0 aliphatic rings. The second kappa shape index (κ2) is 5.86. The summed E-state index contributed by atoms with van der Waals surface area (Å²) in [5.74, 6) is -4.13. The number of rotatable bonds is 3. The van der Waals surface area contributed by atoms with Crippen LogP contribution in [0.1, 0.15) is 11.6 Å². The normalized spacial score (nSPS) is 13.1. The zero-order valence-corrected chi connectivity index (χ0v) is 10.4. The van der Waals surface area contributed by atoms with Gasteiger partial charge in [-0.05, 0) is 23.8 Å². The molecule has 1 aromatic rings. The Morgan fingerprint density at radius 2 is 1.94 bits per heavy atom. The minimum atomic E-state index is -3.47. The number of aliphatic hydroxyl groups excluding tert-OH is 1. The Morgan fingerprint density at radius 1 is 1.38 bits per heavy atom.